The number of hydrogen-bond donors (Lipinski definition) is 1. The summed E-state index contributed by atoms with van der Waals surface area (Å²) in [4.78, 5) is 36.4. The highest BCUT2D eigenvalue weighted by molar-refractivity contribution is 6.30. The van der Waals surface area contributed by atoms with Crippen LogP contribution in [0.1, 0.15) is 39.5 Å². The van der Waals surface area contributed by atoms with Gasteiger partial charge in [0.25, 0.3) is 5.56 Å². The van der Waals surface area contributed by atoms with Gasteiger partial charge in [0.05, 0.1) is 10.9 Å². The van der Waals surface area contributed by atoms with Gasteiger partial charge in [-0.1, -0.05) is 23.7 Å². The second kappa shape index (κ2) is 10.6. The van der Waals surface area contributed by atoms with Crippen LogP contribution >= 0.6 is 11.6 Å². The van der Waals surface area contributed by atoms with Gasteiger partial charge in [-0.25, -0.2) is 4.98 Å². The summed E-state index contributed by atoms with van der Waals surface area (Å²) in [5.41, 5.74) is 2.16. The van der Waals surface area contributed by atoms with Crippen LogP contribution in [0.4, 0.5) is 5.69 Å². The third-order valence-corrected chi connectivity index (χ3v) is 7.38. The predicted octanol–water partition coefficient (Wildman–Crippen LogP) is 4.31. The van der Waals surface area contributed by atoms with Crippen LogP contribution in [0.5, 0.6) is 0 Å². The number of benzene rings is 2. The zero-order valence-electron chi connectivity index (χ0n) is 21.0. The van der Waals surface area contributed by atoms with Gasteiger partial charge < -0.3 is 15.1 Å². The summed E-state index contributed by atoms with van der Waals surface area (Å²) in [6.45, 7) is 8.12. The average molecular weight is 508 g/mol. The van der Waals surface area contributed by atoms with E-state index in [1.165, 1.54) is 36.9 Å². The number of fused-ring (bicyclic) bond motifs is 1. The minimum atomic E-state index is -0.224. The molecule has 2 aliphatic rings. The van der Waals surface area contributed by atoms with Gasteiger partial charge in [0.2, 0.25) is 5.91 Å². The van der Waals surface area contributed by atoms with Crippen LogP contribution in [0.25, 0.3) is 22.3 Å². The monoisotopic (exact) mass is 507 g/mol. The van der Waals surface area contributed by atoms with Crippen molar-refractivity contribution in [2.75, 3.05) is 31.1 Å². The Kier molecular flexibility index (Phi) is 7.30. The van der Waals surface area contributed by atoms with Gasteiger partial charge in [-0.05, 0) is 83.0 Å². The van der Waals surface area contributed by atoms with Crippen molar-refractivity contribution < 1.29 is 4.79 Å². The van der Waals surface area contributed by atoms with Gasteiger partial charge in [-0.2, -0.15) is 0 Å². The van der Waals surface area contributed by atoms with E-state index in [4.69, 9.17) is 16.6 Å². The minimum Gasteiger partial charge on any atom is -0.367 e. The van der Waals surface area contributed by atoms with E-state index in [1.807, 2.05) is 38.1 Å². The number of hydrogen-bond acceptors (Lipinski definition) is 5. The molecule has 1 aromatic heterocycles. The Morgan fingerprint density at radius 1 is 1.11 bits per heavy atom. The van der Waals surface area contributed by atoms with Crippen LogP contribution in [0.2, 0.25) is 5.02 Å². The van der Waals surface area contributed by atoms with Gasteiger partial charge >= 0.3 is 0 Å². The number of anilines is 1. The smallest absolute Gasteiger partial charge is 0.262 e. The van der Waals surface area contributed by atoms with E-state index in [1.54, 1.807) is 12.1 Å². The fraction of sp³-hybridized carbons (Fsp3) is 0.464. The molecule has 1 N–H and O–H groups in total. The molecule has 3 aromatic rings. The fourth-order valence-corrected chi connectivity index (χ4v) is 5.71. The van der Waals surface area contributed by atoms with Crippen LogP contribution < -0.4 is 15.8 Å². The van der Waals surface area contributed by atoms with E-state index in [2.05, 4.69) is 21.2 Å². The number of nitrogens with one attached hydrogen (secondary N) is 1. The Morgan fingerprint density at radius 3 is 2.67 bits per heavy atom. The van der Waals surface area contributed by atoms with E-state index >= 15 is 0 Å². The minimum absolute atomic E-state index is 0.0226. The quantitative estimate of drug-likeness (QED) is 0.516. The molecular weight excluding hydrogens is 474 g/mol. The molecule has 2 aromatic carbocycles. The Balaban J connectivity index is 1.55. The van der Waals surface area contributed by atoms with E-state index in [-0.39, 0.29) is 24.1 Å². The van der Waals surface area contributed by atoms with Gasteiger partial charge in [0.1, 0.15) is 12.4 Å². The van der Waals surface area contributed by atoms with Gasteiger partial charge in [0.15, 0.2) is 0 Å². The lowest BCUT2D eigenvalue weighted by atomic mass is 10.1. The van der Waals surface area contributed by atoms with Crippen molar-refractivity contribution in [1.29, 1.82) is 0 Å². The highest BCUT2D eigenvalue weighted by Crippen LogP contribution is 2.30. The topological polar surface area (TPSA) is 70.5 Å². The molecule has 2 fully saturated rings. The molecule has 7 nitrogen and oxygen atoms in total. The van der Waals surface area contributed by atoms with E-state index < -0.39 is 0 Å². The molecule has 0 spiro atoms. The molecule has 2 aliphatic heterocycles. The molecule has 5 rings (SSSR count). The Morgan fingerprint density at radius 2 is 1.92 bits per heavy atom. The third kappa shape index (κ3) is 5.27. The Hall–Kier alpha value is -2.90. The predicted molar refractivity (Wildman–Crippen MR) is 146 cm³/mol. The van der Waals surface area contributed by atoms with Crippen molar-refractivity contribution in [3.8, 4) is 11.4 Å². The number of aromatic nitrogens is 2. The first-order valence-corrected chi connectivity index (χ1v) is 13.4. The lowest BCUT2D eigenvalue weighted by Crippen LogP contribution is -2.39. The summed E-state index contributed by atoms with van der Waals surface area (Å²) in [6.07, 6.45) is 4.89. The standard InChI is InChI=1S/C28H34ClN5O2/c1-19(2)30-26(35)18-34-27(20-7-5-8-21(29)15-20)31-25-11-10-22(16-24(25)28(34)36)33-14-6-9-23(33)17-32-12-3-4-13-32/h5,7-8,10-11,15-16,19,23H,3-4,6,9,12-14,17-18H2,1-2H3,(H,30,35). The van der Waals surface area contributed by atoms with Crippen LogP contribution in [-0.4, -0.2) is 58.6 Å². The van der Waals surface area contributed by atoms with Crippen LogP contribution in [0.15, 0.2) is 47.3 Å². The van der Waals surface area contributed by atoms with Gasteiger partial charge in [0, 0.05) is 41.4 Å². The summed E-state index contributed by atoms with van der Waals surface area (Å²) in [7, 11) is 0. The van der Waals surface area contributed by atoms with Gasteiger partial charge in [-0.15, -0.1) is 0 Å². The Labute approximate surface area is 217 Å². The molecule has 2 saturated heterocycles. The first kappa shape index (κ1) is 24.8. The number of likely N-dealkylation sites (tertiary alicyclic amines) is 1. The van der Waals surface area contributed by atoms with E-state index in [0.29, 0.717) is 33.4 Å². The highest BCUT2D eigenvalue weighted by Gasteiger charge is 2.28. The van der Waals surface area contributed by atoms with Crippen molar-refractivity contribution in [3.05, 3.63) is 57.8 Å². The largest absolute Gasteiger partial charge is 0.367 e. The fourth-order valence-electron chi connectivity index (χ4n) is 5.52. The van der Waals surface area contributed by atoms with Crippen molar-refractivity contribution >= 4 is 34.1 Å². The van der Waals surface area contributed by atoms with Crippen molar-refractivity contribution in [1.82, 2.24) is 19.8 Å². The maximum absolute atomic E-state index is 13.8. The van der Waals surface area contributed by atoms with Crippen LogP contribution in [0, 0.1) is 0 Å². The molecule has 36 heavy (non-hydrogen) atoms. The molecule has 3 heterocycles. The van der Waals surface area contributed by atoms with Crippen molar-refractivity contribution in [2.45, 2.75) is 58.2 Å². The maximum Gasteiger partial charge on any atom is 0.262 e. The molecule has 190 valence electrons. The first-order chi connectivity index (χ1) is 17.4. The number of carbonyl (C=O) groups is 1. The van der Waals surface area contributed by atoms with Crippen molar-refractivity contribution in [3.63, 3.8) is 0 Å². The normalized spacial score (nSPS) is 18.4. The number of carbonyl (C=O) groups excluding carboxylic acids is 1. The lowest BCUT2D eigenvalue weighted by molar-refractivity contribution is -0.122. The molecule has 1 unspecified atom stereocenters. The Bertz CT molecular complexity index is 1320. The summed E-state index contributed by atoms with van der Waals surface area (Å²) in [5, 5.41) is 3.97. The molecule has 1 amide bonds. The molecule has 0 saturated carbocycles. The molecule has 0 aliphatic carbocycles. The second-order valence-corrected chi connectivity index (χ2v) is 10.7. The van der Waals surface area contributed by atoms with Crippen LogP contribution in [-0.2, 0) is 11.3 Å². The average Bonchev–Trinajstić information content (AvgIpc) is 3.53. The molecule has 1 atom stereocenters. The summed E-state index contributed by atoms with van der Waals surface area (Å²) >= 11 is 6.24. The third-order valence-electron chi connectivity index (χ3n) is 7.15. The highest BCUT2D eigenvalue weighted by atomic mass is 35.5. The number of nitrogens with zero attached hydrogens (tertiary/aromatic N) is 4. The summed E-state index contributed by atoms with van der Waals surface area (Å²) in [6, 6.07) is 13.6. The zero-order chi connectivity index (χ0) is 25.2. The second-order valence-electron chi connectivity index (χ2n) is 10.3. The first-order valence-electron chi connectivity index (χ1n) is 13.0. The zero-order valence-corrected chi connectivity index (χ0v) is 21.8. The van der Waals surface area contributed by atoms with Crippen molar-refractivity contribution in [2.24, 2.45) is 0 Å². The molecular formula is C28H34ClN5O2. The van der Waals surface area contributed by atoms with Gasteiger partial charge in [-0.3, -0.25) is 14.2 Å². The molecule has 0 bridgehead atoms. The molecule has 8 heteroatoms. The lowest BCUT2D eigenvalue weighted by Gasteiger charge is -2.30. The summed E-state index contributed by atoms with van der Waals surface area (Å²) < 4.78 is 1.47. The van der Waals surface area contributed by atoms with E-state index in [9.17, 15) is 9.59 Å². The number of amides is 1. The number of halogens is 1. The SMILES string of the molecule is CC(C)NC(=O)Cn1c(-c2cccc(Cl)c2)nc2ccc(N3CCCC3CN3CCCC3)cc2c1=O. The molecule has 0 radical (unpaired) electrons. The number of rotatable bonds is 7. The van der Waals surface area contributed by atoms with E-state index in [0.717, 1.165) is 25.2 Å². The summed E-state index contributed by atoms with van der Waals surface area (Å²) in [5.74, 6) is 0.215. The van der Waals surface area contributed by atoms with Crippen LogP contribution in [0.3, 0.4) is 0 Å². The maximum atomic E-state index is 13.8.